The van der Waals surface area contributed by atoms with E-state index in [1.807, 2.05) is 48.2 Å². The Bertz CT molecular complexity index is 675. The number of rotatable bonds is 4. The minimum atomic E-state index is -0.247. The second-order valence-corrected chi connectivity index (χ2v) is 5.82. The lowest BCUT2D eigenvalue weighted by molar-refractivity contribution is -0.141. The number of hydrogen-bond acceptors (Lipinski definition) is 5. The Morgan fingerprint density at radius 3 is 2.86 bits per heavy atom. The fourth-order valence-corrected chi connectivity index (χ4v) is 2.78. The fraction of sp³-hybridized carbons (Fsp3) is 0.250. The Hall–Kier alpha value is -2.08. The number of ether oxygens (including phenoxy) is 1. The highest BCUT2D eigenvalue weighted by molar-refractivity contribution is 9.10. The molecule has 0 aliphatic carbocycles. The Morgan fingerprint density at radius 2 is 2.14 bits per heavy atom. The topological polar surface area (TPSA) is 54.5 Å². The third kappa shape index (κ3) is 2.92. The van der Waals surface area contributed by atoms with Crippen LogP contribution in [0.4, 0.5) is 11.5 Å². The van der Waals surface area contributed by atoms with Crippen molar-refractivity contribution < 1.29 is 9.53 Å². The second kappa shape index (κ2) is 6.36. The first kappa shape index (κ1) is 14.8. The summed E-state index contributed by atoms with van der Waals surface area (Å²) in [6.45, 7) is 2.37. The van der Waals surface area contributed by atoms with E-state index in [1.54, 1.807) is 6.20 Å². The maximum Gasteiger partial charge on any atom is 0.325 e. The molecule has 1 aromatic heterocycles. The summed E-state index contributed by atoms with van der Waals surface area (Å²) < 4.78 is 6.10. The summed E-state index contributed by atoms with van der Waals surface area (Å²) in [5, 5.41) is 3.36. The number of pyridine rings is 1. The summed E-state index contributed by atoms with van der Waals surface area (Å²) in [5.41, 5.74) is 1.97. The molecule has 22 heavy (non-hydrogen) atoms. The average molecular weight is 362 g/mol. The third-order valence-corrected chi connectivity index (χ3v) is 4.00. The van der Waals surface area contributed by atoms with Gasteiger partial charge >= 0.3 is 5.97 Å². The highest BCUT2D eigenvalue weighted by Gasteiger charge is 2.32. The van der Waals surface area contributed by atoms with Gasteiger partial charge in [0.25, 0.3) is 0 Å². The maximum absolute atomic E-state index is 11.9. The summed E-state index contributed by atoms with van der Waals surface area (Å²) in [6, 6.07) is 11.8. The van der Waals surface area contributed by atoms with Gasteiger partial charge in [0, 0.05) is 10.7 Å². The van der Waals surface area contributed by atoms with Gasteiger partial charge in [-0.15, -0.1) is 0 Å². The summed E-state index contributed by atoms with van der Waals surface area (Å²) in [6.07, 6.45) is 1.60. The number of carbonyl (C=O) groups excluding carboxylic acids is 1. The summed E-state index contributed by atoms with van der Waals surface area (Å²) in [4.78, 5) is 18.2. The van der Waals surface area contributed by atoms with E-state index in [0.717, 1.165) is 21.5 Å². The zero-order valence-electron chi connectivity index (χ0n) is 12.1. The molecule has 0 fully saturated rings. The largest absolute Gasteiger partial charge is 0.465 e. The molecule has 0 bridgehead atoms. The summed E-state index contributed by atoms with van der Waals surface area (Å²) in [7, 11) is 0. The van der Waals surface area contributed by atoms with Crippen molar-refractivity contribution in [2.75, 3.05) is 23.4 Å². The highest BCUT2D eigenvalue weighted by Crippen LogP contribution is 2.39. The van der Waals surface area contributed by atoms with Gasteiger partial charge in [-0.1, -0.05) is 28.1 Å². The number of anilines is 2. The lowest BCUT2D eigenvalue weighted by atomic mass is 10.1. The van der Waals surface area contributed by atoms with Gasteiger partial charge in [0.15, 0.2) is 5.82 Å². The number of fused-ring (bicyclic) bond motifs is 1. The van der Waals surface area contributed by atoms with Crippen molar-refractivity contribution in [2.24, 2.45) is 0 Å². The number of esters is 1. The number of nitrogens with zero attached hydrogens (tertiary/aromatic N) is 2. The van der Waals surface area contributed by atoms with E-state index in [9.17, 15) is 4.79 Å². The van der Waals surface area contributed by atoms with Crippen LogP contribution in [0.25, 0.3) is 0 Å². The van der Waals surface area contributed by atoms with Crippen LogP contribution < -0.4 is 10.2 Å². The molecule has 2 aromatic rings. The van der Waals surface area contributed by atoms with Gasteiger partial charge in [0.2, 0.25) is 0 Å². The van der Waals surface area contributed by atoms with Gasteiger partial charge in [0.05, 0.1) is 12.3 Å². The normalized spacial score (nSPS) is 16.1. The molecule has 0 amide bonds. The summed E-state index contributed by atoms with van der Waals surface area (Å²) in [5.74, 6) is 0.530. The molecule has 6 heteroatoms. The molecule has 0 saturated carbocycles. The second-order valence-electron chi connectivity index (χ2n) is 4.90. The van der Waals surface area contributed by atoms with Crippen molar-refractivity contribution in [1.29, 1.82) is 0 Å². The van der Waals surface area contributed by atoms with Crippen LogP contribution in [0.1, 0.15) is 18.7 Å². The molecule has 1 unspecified atom stereocenters. The Kier molecular flexibility index (Phi) is 4.29. The van der Waals surface area contributed by atoms with Crippen molar-refractivity contribution in [3.8, 4) is 0 Å². The number of benzene rings is 1. The van der Waals surface area contributed by atoms with Crippen LogP contribution in [0.5, 0.6) is 0 Å². The van der Waals surface area contributed by atoms with Gasteiger partial charge in [-0.05, 0) is 36.8 Å². The Morgan fingerprint density at radius 1 is 1.36 bits per heavy atom. The first-order valence-electron chi connectivity index (χ1n) is 7.08. The van der Waals surface area contributed by atoms with Gasteiger partial charge < -0.3 is 15.0 Å². The fourth-order valence-electron chi connectivity index (χ4n) is 2.52. The SMILES string of the molecule is CCOC(=O)CN1c2cccnc2NC1c1ccc(Br)cc1. The number of halogens is 1. The number of hydrogen-bond donors (Lipinski definition) is 1. The molecule has 1 aromatic carbocycles. The molecule has 0 saturated heterocycles. The van der Waals surface area contributed by atoms with E-state index in [4.69, 9.17) is 4.74 Å². The van der Waals surface area contributed by atoms with E-state index < -0.39 is 0 Å². The van der Waals surface area contributed by atoms with Crippen molar-refractivity contribution in [1.82, 2.24) is 4.98 Å². The molecule has 5 nitrogen and oxygen atoms in total. The minimum absolute atomic E-state index is 0.137. The molecular formula is C16H16BrN3O2. The van der Waals surface area contributed by atoms with Crippen molar-refractivity contribution in [3.63, 3.8) is 0 Å². The first-order chi connectivity index (χ1) is 10.7. The lowest BCUT2D eigenvalue weighted by Crippen LogP contribution is -2.34. The molecule has 1 aliphatic rings. The smallest absolute Gasteiger partial charge is 0.325 e. The highest BCUT2D eigenvalue weighted by atomic mass is 79.9. The van der Waals surface area contributed by atoms with E-state index >= 15 is 0 Å². The summed E-state index contributed by atoms with van der Waals surface area (Å²) >= 11 is 3.44. The average Bonchev–Trinajstić information content (AvgIpc) is 2.87. The van der Waals surface area contributed by atoms with Crippen LogP contribution in [-0.2, 0) is 9.53 Å². The third-order valence-electron chi connectivity index (χ3n) is 3.47. The van der Waals surface area contributed by atoms with Crippen molar-refractivity contribution in [2.45, 2.75) is 13.1 Å². The molecule has 1 N–H and O–H groups in total. The van der Waals surface area contributed by atoms with Crippen molar-refractivity contribution in [3.05, 3.63) is 52.6 Å². The van der Waals surface area contributed by atoms with Crippen LogP contribution in [0.15, 0.2) is 47.1 Å². The first-order valence-corrected chi connectivity index (χ1v) is 7.87. The molecule has 0 spiro atoms. The van der Waals surface area contributed by atoms with Crippen molar-refractivity contribution >= 4 is 33.4 Å². The molecular weight excluding hydrogens is 346 g/mol. The predicted molar refractivity (Wildman–Crippen MR) is 88.7 cm³/mol. The van der Waals surface area contributed by atoms with Crippen LogP contribution in [0.2, 0.25) is 0 Å². The van der Waals surface area contributed by atoms with E-state index in [2.05, 4.69) is 26.2 Å². The molecule has 3 rings (SSSR count). The Balaban J connectivity index is 1.91. The van der Waals surface area contributed by atoms with Crippen LogP contribution in [0, 0.1) is 0 Å². The van der Waals surface area contributed by atoms with Gasteiger partial charge in [0.1, 0.15) is 12.7 Å². The molecule has 2 heterocycles. The minimum Gasteiger partial charge on any atom is -0.465 e. The van der Waals surface area contributed by atoms with E-state index in [-0.39, 0.29) is 18.7 Å². The standard InChI is InChI=1S/C16H16BrN3O2/c1-2-22-14(21)10-20-13-4-3-9-18-15(13)19-16(20)11-5-7-12(17)8-6-11/h3-9,16H,2,10H2,1H3,(H,18,19). The predicted octanol–water partition coefficient (Wildman–Crippen LogP) is 3.34. The van der Waals surface area contributed by atoms with Crippen LogP contribution in [-0.4, -0.2) is 24.1 Å². The van der Waals surface area contributed by atoms with Crippen LogP contribution >= 0.6 is 15.9 Å². The van der Waals surface area contributed by atoms with E-state index in [0.29, 0.717) is 6.61 Å². The lowest BCUT2D eigenvalue weighted by Gasteiger charge is -2.26. The Labute approximate surface area is 137 Å². The molecule has 1 aliphatic heterocycles. The maximum atomic E-state index is 11.9. The van der Waals surface area contributed by atoms with Gasteiger partial charge in [-0.3, -0.25) is 4.79 Å². The number of nitrogens with one attached hydrogen (secondary N) is 1. The van der Waals surface area contributed by atoms with Gasteiger partial charge in [-0.2, -0.15) is 0 Å². The zero-order chi connectivity index (χ0) is 15.5. The molecule has 114 valence electrons. The zero-order valence-corrected chi connectivity index (χ0v) is 13.7. The molecule has 0 radical (unpaired) electrons. The number of carbonyl (C=O) groups is 1. The number of aromatic nitrogens is 1. The van der Waals surface area contributed by atoms with E-state index in [1.165, 1.54) is 0 Å². The van der Waals surface area contributed by atoms with Gasteiger partial charge in [-0.25, -0.2) is 4.98 Å². The van der Waals surface area contributed by atoms with Crippen LogP contribution in [0.3, 0.4) is 0 Å². The monoisotopic (exact) mass is 361 g/mol. The molecule has 1 atom stereocenters. The quantitative estimate of drug-likeness (QED) is 0.846.